The standard InChI is InChI=1S/C6H14O4.C3H6.2C2H6O.H3N/c7-1-3-9-5-6-10-4-2-8;1-3-2;2*1-2-3;/h7-8H,1-6H2;3H,1H2,2H3;2*3H,2H2,1H3;1H3. The van der Waals surface area contributed by atoms with Crippen molar-refractivity contribution in [2.75, 3.05) is 52.9 Å². The second kappa shape index (κ2) is 51.4. The molecule has 0 aromatic heterocycles. The first-order valence-corrected chi connectivity index (χ1v) is 6.32. The van der Waals surface area contributed by atoms with E-state index in [2.05, 4.69) is 6.58 Å². The Labute approximate surface area is 123 Å². The summed E-state index contributed by atoms with van der Waals surface area (Å²) in [6, 6.07) is 0. The van der Waals surface area contributed by atoms with Gasteiger partial charge in [-0.2, -0.15) is 0 Å². The van der Waals surface area contributed by atoms with Gasteiger partial charge in [-0.1, -0.05) is 6.08 Å². The van der Waals surface area contributed by atoms with Gasteiger partial charge in [0.2, 0.25) is 0 Å². The lowest BCUT2D eigenvalue weighted by Crippen LogP contribution is -2.09. The zero-order valence-corrected chi connectivity index (χ0v) is 13.3. The van der Waals surface area contributed by atoms with Crippen molar-refractivity contribution in [2.24, 2.45) is 0 Å². The molecule has 0 bridgehead atoms. The van der Waals surface area contributed by atoms with E-state index in [1.807, 2.05) is 6.92 Å². The molecule has 0 atom stereocenters. The molecule has 7 nitrogen and oxygen atoms in total. The van der Waals surface area contributed by atoms with Crippen molar-refractivity contribution in [1.29, 1.82) is 0 Å². The van der Waals surface area contributed by atoms with Gasteiger partial charge >= 0.3 is 0 Å². The van der Waals surface area contributed by atoms with E-state index >= 15 is 0 Å². The molecule has 7 N–H and O–H groups in total. The number of aliphatic hydroxyl groups excluding tert-OH is 4. The highest BCUT2D eigenvalue weighted by molar-refractivity contribution is 4.51. The Morgan fingerprint density at radius 2 is 1.00 bits per heavy atom. The van der Waals surface area contributed by atoms with E-state index in [4.69, 9.17) is 29.9 Å². The summed E-state index contributed by atoms with van der Waals surface area (Å²) >= 11 is 0. The van der Waals surface area contributed by atoms with Crippen LogP contribution in [0.25, 0.3) is 0 Å². The Balaban J connectivity index is -0.0000000626. The second-order valence-electron chi connectivity index (χ2n) is 2.71. The highest BCUT2D eigenvalue weighted by Gasteiger charge is 1.86. The highest BCUT2D eigenvalue weighted by atomic mass is 16.5. The Bertz CT molecular complexity index is 107. The van der Waals surface area contributed by atoms with Crippen molar-refractivity contribution in [3.8, 4) is 0 Å². The van der Waals surface area contributed by atoms with Crippen LogP contribution < -0.4 is 6.15 Å². The van der Waals surface area contributed by atoms with E-state index in [0.717, 1.165) is 0 Å². The topological polar surface area (TPSA) is 134 Å². The lowest BCUT2D eigenvalue weighted by atomic mass is 10.7. The number of hydrogen-bond donors (Lipinski definition) is 5. The van der Waals surface area contributed by atoms with Gasteiger partial charge in [0.1, 0.15) is 0 Å². The SMILES string of the molecule is C=CC.CCO.CCO.N.OCCOCCOCCO. The van der Waals surface area contributed by atoms with Gasteiger partial charge in [-0.3, -0.25) is 0 Å². The molecule has 0 saturated heterocycles. The zero-order chi connectivity index (χ0) is 15.8. The van der Waals surface area contributed by atoms with Crippen LogP contribution in [0, 0.1) is 0 Å². The average molecular weight is 301 g/mol. The minimum Gasteiger partial charge on any atom is -0.397 e. The normalized spacial score (nSPS) is 7.55. The summed E-state index contributed by atoms with van der Waals surface area (Å²) in [5.41, 5.74) is 0. The average Bonchev–Trinajstić information content (AvgIpc) is 2.37. The van der Waals surface area contributed by atoms with Crippen LogP contribution in [0.4, 0.5) is 0 Å². The second-order valence-corrected chi connectivity index (χ2v) is 2.71. The highest BCUT2D eigenvalue weighted by Crippen LogP contribution is 1.76. The Hall–Kier alpha value is -0.540. The maximum absolute atomic E-state index is 8.26. The van der Waals surface area contributed by atoms with E-state index in [9.17, 15) is 0 Å². The van der Waals surface area contributed by atoms with Crippen LogP contribution in [-0.2, 0) is 9.47 Å². The first kappa shape index (κ1) is 31.7. The molecule has 0 aromatic carbocycles. The number of ether oxygens (including phenoxy) is 2. The molecule has 7 heteroatoms. The van der Waals surface area contributed by atoms with Crippen LogP contribution >= 0.6 is 0 Å². The summed E-state index contributed by atoms with van der Waals surface area (Å²) < 4.78 is 9.75. The molecule has 0 heterocycles. The molecule has 0 aromatic rings. The van der Waals surface area contributed by atoms with E-state index in [1.165, 1.54) is 0 Å². The molecule has 0 saturated carbocycles. The Morgan fingerprint density at radius 3 is 1.15 bits per heavy atom. The van der Waals surface area contributed by atoms with Crippen molar-refractivity contribution in [2.45, 2.75) is 20.8 Å². The largest absolute Gasteiger partial charge is 0.397 e. The van der Waals surface area contributed by atoms with Crippen LogP contribution in [0.3, 0.4) is 0 Å². The fourth-order valence-electron chi connectivity index (χ4n) is 0.451. The molecule has 0 amide bonds. The Morgan fingerprint density at radius 1 is 0.800 bits per heavy atom. The number of aliphatic hydroxyl groups is 4. The molecule has 0 aliphatic heterocycles. The summed E-state index contributed by atoms with van der Waals surface area (Å²) in [5.74, 6) is 0. The van der Waals surface area contributed by atoms with Gasteiger partial charge in [0.15, 0.2) is 0 Å². The smallest absolute Gasteiger partial charge is 0.0701 e. The third-order valence-corrected chi connectivity index (χ3v) is 0.843. The summed E-state index contributed by atoms with van der Waals surface area (Å²) in [6.45, 7) is 10.8. The first-order valence-electron chi connectivity index (χ1n) is 6.32. The minimum absolute atomic E-state index is 0. The van der Waals surface area contributed by atoms with Crippen molar-refractivity contribution in [3.63, 3.8) is 0 Å². The van der Waals surface area contributed by atoms with Gasteiger partial charge in [0.05, 0.1) is 39.6 Å². The third-order valence-electron chi connectivity index (χ3n) is 0.843. The molecule has 0 spiro atoms. The van der Waals surface area contributed by atoms with Crippen molar-refractivity contribution >= 4 is 0 Å². The first-order chi connectivity index (χ1) is 9.16. The third kappa shape index (κ3) is 113. The Kier molecular flexibility index (Phi) is 81.6. The summed E-state index contributed by atoms with van der Waals surface area (Å²) in [5, 5.41) is 31.7. The number of hydrogen-bond acceptors (Lipinski definition) is 7. The molecule has 128 valence electrons. The molecule has 0 radical (unpaired) electrons. The maximum Gasteiger partial charge on any atom is 0.0701 e. The predicted molar refractivity (Wildman–Crippen MR) is 82.2 cm³/mol. The maximum atomic E-state index is 8.26. The van der Waals surface area contributed by atoms with E-state index in [1.54, 1.807) is 19.9 Å². The lowest BCUT2D eigenvalue weighted by Gasteiger charge is -2.01. The van der Waals surface area contributed by atoms with Gasteiger partial charge < -0.3 is 36.1 Å². The van der Waals surface area contributed by atoms with Gasteiger partial charge in [0.25, 0.3) is 0 Å². The van der Waals surface area contributed by atoms with Gasteiger partial charge in [-0.25, -0.2) is 0 Å². The molecule has 0 unspecified atom stereocenters. The van der Waals surface area contributed by atoms with Gasteiger partial charge in [-0.05, 0) is 20.8 Å². The van der Waals surface area contributed by atoms with Crippen molar-refractivity contribution in [3.05, 3.63) is 12.7 Å². The van der Waals surface area contributed by atoms with Crippen molar-refractivity contribution in [1.82, 2.24) is 6.15 Å². The van der Waals surface area contributed by atoms with Gasteiger partial charge in [0, 0.05) is 13.2 Å². The lowest BCUT2D eigenvalue weighted by molar-refractivity contribution is 0.0222. The summed E-state index contributed by atoms with van der Waals surface area (Å²) in [7, 11) is 0. The molecule has 0 aliphatic rings. The summed E-state index contributed by atoms with van der Waals surface area (Å²) in [4.78, 5) is 0. The van der Waals surface area contributed by atoms with Crippen LogP contribution in [-0.4, -0.2) is 73.3 Å². The van der Waals surface area contributed by atoms with Crippen LogP contribution in [0.1, 0.15) is 20.8 Å². The van der Waals surface area contributed by atoms with Crippen LogP contribution in [0.2, 0.25) is 0 Å². The van der Waals surface area contributed by atoms with E-state index < -0.39 is 0 Å². The molecule has 0 rings (SSSR count). The number of rotatable bonds is 7. The molecule has 0 aliphatic carbocycles. The molecule has 0 fully saturated rings. The van der Waals surface area contributed by atoms with Crippen LogP contribution in [0.5, 0.6) is 0 Å². The van der Waals surface area contributed by atoms with E-state index in [-0.39, 0.29) is 32.6 Å². The quantitative estimate of drug-likeness (QED) is 0.338. The fourth-order valence-corrected chi connectivity index (χ4v) is 0.451. The minimum atomic E-state index is 0. The van der Waals surface area contributed by atoms with E-state index in [0.29, 0.717) is 26.4 Å². The summed E-state index contributed by atoms with van der Waals surface area (Å²) in [6.07, 6.45) is 1.75. The predicted octanol–water partition coefficient (Wildman–Crippen LogP) is 0.356. The molecular formula is C13H35NO6. The molecule has 20 heavy (non-hydrogen) atoms. The van der Waals surface area contributed by atoms with Crippen molar-refractivity contribution < 1.29 is 29.9 Å². The molecular weight excluding hydrogens is 266 g/mol. The van der Waals surface area contributed by atoms with Gasteiger partial charge in [-0.15, -0.1) is 6.58 Å². The zero-order valence-electron chi connectivity index (χ0n) is 13.3. The van der Waals surface area contributed by atoms with Crippen LogP contribution in [0.15, 0.2) is 12.7 Å². The fraction of sp³-hybridized carbons (Fsp3) is 0.846. The monoisotopic (exact) mass is 301 g/mol. The number of allylic oxidation sites excluding steroid dienone is 1.